The van der Waals surface area contributed by atoms with Gasteiger partial charge in [0.1, 0.15) is 5.75 Å². The number of esters is 1. The van der Waals surface area contributed by atoms with Crippen LogP contribution in [-0.4, -0.2) is 24.0 Å². The zero-order valence-corrected chi connectivity index (χ0v) is 14.1. The lowest BCUT2D eigenvalue weighted by atomic mass is 10.1. The normalized spacial score (nSPS) is 10.8. The third-order valence-corrected chi connectivity index (χ3v) is 3.25. The third-order valence-electron chi connectivity index (χ3n) is 3.25. The van der Waals surface area contributed by atoms with E-state index in [1.54, 1.807) is 11.4 Å². The summed E-state index contributed by atoms with van der Waals surface area (Å²) >= 11 is 0. The van der Waals surface area contributed by atoms with Crippen LogP contribution in [0.25, 0.3) is 0 Å². The molecule has 2 rings (SSSR count). The highest BCUT2D eigenvalue weighted by Crippen LogP contribution is 2.17. The Balaban J connectivity index is 2.04. The van der Waals surface area contributed by atoms with Crippen LogP contribution in [0.1, 0.15) is 22.8 Å². The summed E-state index contributed by atoms with van der Waals surface area (Å²) in [5, 5.41) is 4.33. The molecule has 2 N–H and O–H groups in total. The van der Waals surface area contributed by atoms with Gasteiger partial charge in [-0.25, -0.2) is 0 Å². The Labute approximate surface area is 152 Å². The fraction of sp³-hybridized carbons (Fsp3) is 0.167. The number of nitrogens with one attached hydrogen (secondary N) is 2. The molecule has 0 aliphatic heterocycles. The second-order valence-electron chi connectivity index (χ2n) is 5.46. The molecule has 0 unspecified atom stereocenters. The second-order valence-corrected chi connectivity index (χ2v) is 5.46. The number of rotatable bonds is 5. The molecule has 0 aliphatic carbocycles. The summed E-state index contributed by atoms with van der Waals surface area (Å²) in [5.74, 6) is -2.86. The number of anilines is 1. The first-order valence-corrected chi connectivity index (χ1v) is 7.69. The first kappa shape index (κ1) is 20.0. The van der Waals surface area contributed by atoms with Gasteiger partial charge in [0, 0.05) is 24.7 Å². The largest absolute Gasteiger partial charge is 0.471 e. The van der Waals surface area contributed by atoms with E-state index in [2.05, 4.69) is 5.32 Å². The van der Waals surface area contributed by atoms with Crippen molar-refractivity contribution in [1.29, 1.82) is 0 Å². The molecule has 9 heteroatoms. The molecule has 0 radical (unpaired) electrons. The van der Waals surface area contributed by atoms with Gasteiger partial charge >= 0.3 is 18.1 Å². The number of benzene rings is 2. The van der Waals surface area contributed by atoms with E-state index in [0.29, 0.717) is 11.3 Å². The van der Waals surface area contributed by atoms with Gasteiger partial charge in [-0.1, -0.05) is 18.2 Å². The van der Waals surface area contributed by atoms with Crippen LogP contribution in [0, 0.1) is 0 Å². The molecule has 2 aromatic rings. The van der Waals surface area contributed by atoms with E-state index < -0.39 is 24.0 Å². The van der Waals surface area contributed by atoms with Crippen molar-refractivity contribution in [3.8, 4) is 5.75 Å². The van der Waals surface area contributed by atoms with E-state index in [-0.39, 0.29) is 17.9 Å². The van der Waals surface area contributed by atoms with Gasteiger partial charge in [0.2, 0.25) is 0 Å². The van der Waals surface area contributed by atoms with Crippen LogP contribution in [0.15, 0.2) is 48.5 Å². The quantitative estimate of drug-likeness (QED) is 0.617. The maximum atomic E-state index is 12.3. The van der Waals surface area contributed by atoms with Crippen molar-refractivity contribution in [3.05, 3.63) is 59.7 Å². The summed E-state index contributed by atoms with van der Waals surface area (Å²) in [5.41, 5.74) is 0.931. The van der Waals surface area contributed by atoms with Crippen LogP contribution >= 0.6 is 0 Å². The molecule has 0 spiro atoms. The lowest BCUT2D eigenvalue weighted by Gasteiger charge is -2.10. The molecule has 0 saturated heterocycles. The summed E-state index contributed by atoms with van der Waals surface area (Å²) in [6.07, 6.45) is -4.96. The van der Waals surface area contributed by atoms with Gasteiger partial charge in [0.25, 0.3) is 5.91 Å². The van der Waals surface area contributed by atoms with Gasteiger partial charge in [-0.15, -0.1) is 0 Å². The first-order chi connectivity index (χ1) is 12.6. The highest BCUT2D eigenvalue weighted by atomic mass is 19.4. The Morgan fingerprint density at radius 2 is 1.74 bits per heavy atom. The maximum Gasteiger partial charge on any atom is 0.471 e. The van der Waals surface area contributed by atoms with Crippen LogP contribution in [0.2, 0.25) is 0 Å². The Hall–Kier alpha value is -3.36. The molecule has 0 aromatic heterocycles. The average molecular weight is 380 g/mol. The Kier molecular flexibility index (Phi) is 6.17. The van der Waals surface area contributed by atoms with Crippen molar-refractivity contribution < 1.29 is 32.3 Å². The molecule has 0 heterocycles. The molecular formula is C18H15F3N2O4. The second kappa shape index (κ2) is 8.35. The molecular weight excluding hydrogens is 365 g/mol. The van der Waals surface area contributed by atoms with E-state index in [9.17, 15) is 27.6 Å². The standard InChI is InChI=1S/C18H15F3N2O4/c1-11(24)27-15-7-3-5-13(9-15)16(25)23-14-6-2-4-12(8-14)10-22-17(26)18(19,20)21/h2-9H,10H2,1H3,(H,22,26)(H,23,25). The fourth-order valence-corrected chi connectivity index (χ4v) is 2.11. The number of carbonyl (C=O) groups excluding carboxylic acids is 3. The van der Waals surface area contributed by atoms with Crippen LogP contribution in [0.5, 0.6) is 5.75 Å². The highest BCUT2D eigenvalue weighted by Gasteiger charge is 2.38. The molecule has 0 bridgehead atoms. The topological polar surface area (TPSA) is 84.5 Å². The van der Waals surface area contributed by atoms with Gasteiger partial charge in [-0.05, 0) is 35.9 Å². The Bertz CT molecular complexity index is 866. The van der Waals surface area contributed by atoms with Crippen molar-refractivity contribution in [2.45, 2.75) is 19.6 Å². The predicted octanol–water partition coefficient (Wildman–Crippen LogP) is 3.04. The van der Waals surface area contributed by atoms with E-state index >= 15 is 0 Å². The predicted molar refractivity (Wildman–Crippen MR) is 90.0 cm³/mol. The van der Waals surface area contributed by atoms with Crippen molar-refractivity contribution in [1.82, 2.24) is 5.32 Å². The van der Waals surface area contributed by atoms with Crippen molar-refractivity contribution in [2.24, 2.45) is 0 Å². The molecule has 142 valence electrons. The summed E-state index contributed by atoms with van der Waals surface area (Å²) in [6, 6.07) is 12.0. The minimum Gasteiger partial charge on any atom is -0.427 e. The van der Waals surface area contributed by atoms with Gasteiger partial charge in [-0.3, -0.25) is 14.4 Å². The number of hydrogen-bond donors (Lipinski definition) is 2. The fourth-order valence-electron chi connectivity index (χ4n) is 2.11. The Morgan fingerprint density at radius 1 is 1.04 bits per heavy atom. The molecule has 0 atom stereocenters. The molecule has 0 fully saturated rings. The number of halogens is 3. The number of amides is 2. The Morgan fingerprint density at radius 3 is 2.41 bits per heavy atom. The highest BCUT2D eigenvalue weighted by molar-refractivity contribution is 6.04. The summed E-state index contributed by atoms with van der Waals surface area (Å²) in [4.78, 5) is 34.1. The maximum absolute atomic E-state index is 12.3. The number of alkyl halides is 3. The number of carbonyl (C=O) groups is 3. The number of ether oxygens (including phenoxy) is 1. The van der Waals surface area contributed by atoms with Crippen LogP contribution in [0.3, 0.4) is 0 Å². The average Bonchev–Trinajstić information content (AvgIpc) is 2.58. The summed E-state index contributed by atoms with van der Waals surface area (Å²) in [6.45, 7) is 0.889. The van der Waals surface area contributed by atoms with Gasteiger partial charge in [0.15, 0.2) is 0 Å². The molecule has 6 nitrogen and oxygen atoms in total. The van der Waals surface area contributed by atoms with Crippen molar-refractivity contribution in [2.75, 3.05) is 5.32 Å². The zero-order chi connectivity index (χ0) is 20.0. The lowest BCUT2D eigenvalue weighted by Crippen LogP contribution is -2.36. The molecule has 27 heavy (non-hydrogen) atoms. The van der Waals surface area contributed by atoms with E-state index in [1.165, 1.54) is 49.4 Å². The van der Waals surface area contributed by atoms with Crippen LogP contribution in [-0.2, 0) is 16.1 Å². The minimum absolute atomic E-state index is 0.207. The lowest BCUT2D eigenvalue weighted by molar-refractivity contribution is -0.173. The third kappa shape index (κ3) is 6.14. The molecule has 0 saturated carbocycles. The van der Waals surface area contributed by atoms with Gasteiger partial charge < -0.3 is 15.4 Å². The van der Waals surface area contributed by atoms with E-state index in [0.717, 1.165) is 0 Å². The van der Waals surface area contributed by atoms with Crippen LogP contribution < -0.4 is 15.4 Å². The van der Waals surface area contributed by atoms with Gasteiger partial charge in [0.05, 0.1) is 0 Å². The molecule has 2 aromatic carbocycles. The van der Waals surface area contributed by atoms with Gasteiger partial charge in [-0.2, -0.15) is 13.2 Å². The van der Waals surface area contributed by atoms with E-state index in [1.807, 2.05) is 0 Å². The minimum atomic E-state index is -4.96. The SMILES string of the molecule is CC(=O)Oc1cccc(C(=O)Nc2cccc(CNC(=O)C(F)(F)F)c2)c1. The first-order valence-electron chi connectivity index (χ1n) is 7.69. The zero-order valence-electron chi connectivity index (χ0n) is 14.1. The van der Waals surface area contributed by atoms with Crippen LogP contribution in [0.4, 0.5) is 18.9 Å². The van der Waals surface area contributed by atoms with Crippen molar-refractivity contribution >= 4 is 23.5 Å². The molecule has 2 amide bonds. The summed E-state index contributed by atoms with van der Waals surface area (Å²) < 4.78 is 41.5. The summed E-state index contributed by atoms with van der Waals surface area (Å²) in [7, 11) is 0. The van der Waals surface area contributed by atoms with E-state index in [4.69, 9.17) is 4.74 Å². The van der Waals surface area contributed by atoms with Crippen molar-refractivity contribution in [3.63, 3.8) is 0 Å². The number of hydrogen-bond acceptors (Lipinski definition) is 4. The monoisotopic (exact) mass is 380 g/mol. The smallest absolute Gasteiger partial charge is 0.427 e. The molecule has 0 aliphatic rings.